The number of nitrogens with two attached hydrogens (primary N) is 1. The second-order valence-electron chi connectivity index (χ2n) is 5.17. The molecular formula is C15H21N3O. The molecule has 2 N–H and O–H groups in total. The van der Waals surface area contributed by atoms with Gasteiger partial charge in [0, 0.05) is 50.3 Å². The molecule has 1 aliphatic heterocycles. The van der Waals surface area contributed by atoms with Gasteiger partial charge in [-0.15, -0.1) is 0 Å². The summed E-state index contributed by atoms with van der Waals surface area (Å²) in [6.45, 7) is 5.29. The third kappa shape index (κ3) is 2.39. The number of nitrogens with zero attached hydrogens (tertiary/aromatic N) is 2. The standard InChI is InChI=1S/C15H21N3O/c1-17-10-13(11-18-5-7-19-8-6-18)15-12(9-16)3-2-4-14(15)17/h2-4,10H,5-9,11,16H2,1H3. The summed E-state index contributed by atoms with van der Waals surface area (Å²) in [6.07, 6.45) is 2.24. The summed E-state index contributed by atoms with van der Waals surface area (Å²) >= 11 is 0. The quantitative estimate of drug-likeness (QED) is 0.907. The van der Waals surface area contributed by atoms with E-state index < -0.39 is 0 Å². The molecule has 1 saturated heterocycles. The third-order valence-electron chi connectivity index (χ3n) is 3.90. The predicted octanol–water partition coefficient (Wildman–Crippen LogP) is 1.47. The lowest BCUT2D eigenvalue weighted by Gasteiger charge is -2.26. The largest absolute Gasteiger partial charge is 0.379 e. The van der Waals surface area contributed by atoms with E-state index in [9.17, 15) is 0 Å². The summed E-state index contributed by atoms with van der Waals surface area (Å²) in [5.41, 5.74) is 9.77. The van der Waals surface area contributed by atoms with E-state index in [-0.39, 0.29) is 0 Å². The predicted molar refractivity (Wildman–Crippen MR) is 76.9 cm³/mol. The maximum absolute atomic E-state index is 5.88. The molecule has 0 atom stereocenters. The molecule has 0 aliphatic carbocycles. The van der Waals surface area contributed by atoms with Crippen molar-refractivity contribution >= 4 is 10.9 Å². The molecule has 102 valence electrons. The highest BCUT2D eigenvalue weighted by Gasteiger charge is 2.15. The van der Waals surface area contributed by atoms with Crippen LogP contribution in [0.4, 0.5) is 0 Å². The number of morpholine rings is 1. The van der Waals surface area contributed by atoms with Crippen molar-refractivity contribution in [1.29, 1.82) is 0 Å². The first-order valence-corrected chi connectivity index (χ1v) is 6.85. The number of aromatic nitrogens is 1. The number of aryl methyl sites for hydroxylation is 1. The van der Waals surface area contributed by atoms with E-state index in [4.69, 9.17) is 10.5 Å². The van der Waals surface area contributed by atoms with Crippen LogP contribution < -0.4 is 5.73 Å². The molecule has 0 saturated carbocycles. The monoisotopic (exact) mass is 259 g/mol. The Morgan fingerprint density at radius 3 is 2.74 bits per heavy atom. The van der Waals surface area contributed by atoms with Crippen molar-refractivity contribution in [2.45, 2.75) is 13.1 Å². The van der Waals surface area contributed by atoms with Gasteiger partial charge in [0.1, 0.15) is 0 Å². The Kier molecular flexibility index (Phi) is 3.55. The number of rotatable bonds is 3. The number of hydrogen-bond acceptors (Lipinski definition) is 3. The maximum atomic E-state index is 5.88. The van der Waals surface area contributed by atoms with E-state index in [2.05, 4.69) is 40.9 Å². The van der Waals surface area contributed by atoms with Crippen molar-refractivity contribution in [3.05, 3.63) is 35.5 Å². The molecule has 0 bridgehead atoms. The van der Waals surface area contributed by atoms with Crippen molar-refractivity contribution in [3.8, 4) is 0 Å². The minimum atomic E-state index is 0.595. The lowest BCUT2D eigenvalue weighted by atomic mass is 10.1. The second kappa shape index (κ2) is 5.33. The van der Waals surface area contributed by atoms with Crippen LogP contribution in [0.2, 0.25) is 0 Å². The minimum Gasteiger partial charge on any atom is -0.379 e. The maximum Gasteiger partial charge on any atom is 0.0594 e. The zero-order valence-electron chi connectivity index (χ0n) is 11.4. The van der Waals surface area contributed by atoms with Gasteiger partial charge in [-0.1, -0.05) is 12.1 Å². The Morgan fingerprint density at radius 2 is 2.00 bits per heavy atom. The van der Waals surface area contributed by atoms with Gasteiger partial charge in [0.15, 0.2) is 0 Å². The summed E-state index contributed by atoms with van der Waals surface area (Å²) in [7, 11) is 2.10. The van der Waals surface area contributed by atoms with Crippen LogP contribution in [-0.2, 0) is 24.9 Å². The molecule has 0 amide bonds. The van der Waals surface area contributed by atoms with Gasteiger partial charge < -0.3 is 15.0 Å². The molecule has 19 heavy (non-hydrogen) atoms. The molecule has 1 aromatic carbocycles. The van der Waals surface area contributed by atoms with Gasteiger partial charge in [0.05, 0.1) is 13.2 Å². The Hall–Kier alpha value is -1.36. The van der Waals surface area contributed by atoms with Gasteiger partial charge in [0.25, 0.3) is 0 Å². The molecule has 4 nitrogen and oxygen atoms in total. The van der Waals surface area contributed by atoms with E-state index in [1.165, 1.54) is 22.0 Å². The molecule has 1 aromatic heterocycles. The molecule has 0 spiro atoms. The number of benzene rings is 1. The minimum absolute atomic E-state index is 0.595. The van der Waals surface area contributed by atoms with Crippen LogP contribution in [0, 0.1) is 0 Å². The molecule has 3 rings (SSSR count). The zero-order valence-corrected chi connectivity index (χ0v) is 11.4. The van der Waals surface area contributed by atoms with E-state index >= 15 is 0 Å². The van der Waals surface area contributed by atoms with Crippen LogP contribution in [0.5, 0.6) is 0 Å². The van der Waals surface area contributed by atoms with Crippen LogP contribution in [0.25, 0.3) is 10.9 Å². The average molecular weight is 259 g/mol. The fourth-order valence-electron chi connectivity index (χ4n) is 2.91. The molecule has 2 aromatic rings. The Balaban J connectivity index is 1.98. The molecule has 1 aliphatic rings. The average Bonchev–Trinajstić information content (AvgIpc) is 2.77. The Bertz CT molecular complexity index is 570. The first kappa shape index (κ1) is 12.7. The van der Waals surface area contributed by atoms with Crippen molar-refractivity contribution < 1.29 is 4.74 Å². The SMILES string of the molecule is Cn1cc(CN2CCOCC2)c2c(CN)cccc21. The molecule has 0 unspecified atom stereocenters. The van der Waals surface area contributed by atoms with Gasteiger partial charge >= 0.3 is 0 Å². The van der Waals surface area contributed by atoms with Gasteiger partial charge in [-0.25, -0.2) is 0 Å². The Labute approximate surface area is 113 Å². The van der Waals surface area contributed by atoms with Crippen molar-refractivity contribution in [2.24, 2.45) is 12.8 Å². The summed E-state index contributed by atoms with van der Waals surface area (Å²) in [6, 6.07) is 6.38. The normalized spacial score (nSPS) is 17.2. The fraction of sp³-hybridized carbons (Fsp3) is 0.467. The van der Waals surface area contributed by atoms with Crippen LogP contribution in [0.1, 0.15) is 11.1 Å². The summed E-state index contributed by atoms with van der Waals surface area (Å²) in [5.74, 6) is 0. The van der Waals surface area contributed by atoms with Gasteiger partial charge in [0.2, 0.25) is 0 Å². The molecular weight excluding hydrogens is 238 g/mol. The van der Waals surface area contributed by atoms with E-state index in [0.717, 1.165) is 32.8 Å². The summed E-state index contributed by atoms with van der Waals surface area (Å²) in [4.78, 5) is 2.45. The van der Waals surface area contributed by atoms with Gasteiger partial charge in [-0.05, 0) is 17.2 Å². The number of ether oxygens (including phenoxy) is 1. The lowest BCUT2D eigenvalue weighted by Crippen LogP contribution is -2.35. The highest BCUT2D eigenvalue weighted by Crippen LogP contribution is 2.25. The smallest absolute Gasteiger partial charge is 0.0594 e. The molecule has 4 heteroatoms. The molecule has 0 radical (unpaired) electrons. The van der Waals surface area contributed by atoms with Gasteiger partial charge in [-0.2, -0.15) is 0 Å². The van der Waals surface area contributed by atoms with Gasteiger partial charge in [-0.3, -0.25) is 4.90 Å². The summed E-state index contributed by atoms with van der Waals surface area (Å²) in [5, 5.41) is 1.33. The van der Waals surface area contributed by atoms with Crippen LogP contribution in [0.3, 0.4) is 0 Å². The van der Waals surface area contributed by atoms with E-state index in [0.29, 0.717) is 6.54 Å². The van der Waals surface area contributed by atoms with Crippen molar-refractivity contribution in [2.75, 3.05) is 26.3 Å². The van der Waals surface area contributed by atoms with E-state index in [1.54, 1.807) is 0 Å². The zero-order chi connectivity index (χ0) is 13.2. The molecule has 1 fully saturated rings. The Morgan fingerprint density at radius 1 is 1.21 bits per heavy atom. The fourth-order valence-corrected chi connectivity index (χ4v) is 2.91. The third-order valence-corrected chi connectivity index (χ3v) is 3.90. The van der Waals surface area contributed by atoms with Crippen molar-refractivity contribution in [3.63, 3.8) is 0 Å². The van der Waals surface area contributed by atoms with E-state index in [1.807, 2.05) is 0 Å². The van der Waals surface area contributed by atoms with Crippen LogP contribution in [0.15, 0.2) is 24.4 Å². The highest BCUT2D eigenvalue weighted by molar-refractivity contribution is 5.87. The summed E-state index contributed by atoms with van der Waals surface area (Å²) < 4.78 is 7.61. The first-order valence-electron chi connectivity index (χ1n) is 6.85. The second-order valence-corrected chi connectivity index (χ2v) is 5.17. The lowest BCUT2D eigenvalue weighted by molar-refractivity contribution is 0.0343. The topological polar surface area (TPSA) is 43.4 Å². The van der Waals surface area contributed by atoms with Crippen LogP contribution >= 0.6 is 0 Å². The number of fused-ring (bicyclic) bond motifs is 1. The first-order chi connectivity index (χ1) is 9.29. The molecule has 2 heterocycles. The van der Waals surface area contributed by atoms with Crippen molar-refractivity contribution in [1.82, 2.24) is 9.47 Å². The van der Waals surface area contributed by atoms with Crippen LogP contribution in [-0.4, -0.2) is 35.8 Å². The number of hydrogen-bond donors (Lipinski definition) is 1. The highest BCUT2D eigenvalue weighted by atomic mass is 16.5.